The molecule has 1 N–H and O–H groups in total. The highest BCUT2D eigenvalue weighted by molar-refractivity contribution is 8.18. The summed E-state index contributed by atoms with van der Waals surface area (Å²) >= 11 is 0.973. The van der Waals surface area contributed by atoms with E-state index in [1.54, 1.807) is 0 Å². The average Bonchev–Trinajstić information content (AvgIpc) is 2.77. The number of thioether (sulfide) groups is 1. The average molecular weight is 316 g/mol. The van der Waals surface area contributed by atoms with E-state index in [-0.39, 0.29) is 11.1 Å². The zero-order valence-corrected chi connectivity index (χ0v) is 13.7. The Kier molecular flexibility index (Phi) is 4.25. The number of rotatable bonds is 2. The molecule has 0 aliphatic carbocycles. The number of imide groups is 1. The van der Waals surface area contributed by atoms with Crippen LogP contribution in [-0.2, 0) is 4.79 Å². The minimum atomic E-state index is -0.297. The number of aryl methyl sites for hydroxylation is 1. The van der Waals surface area contributed by atoms with Gasteiger partial charge in [0.25, 0.3) is 11.1 Å². The zero-order chi connectivity index (χ0) is 15.7. The summed E-state index contributed by atoms with van der Waals surface area (Å²) in [5.41, 5.74) is 3.41. The van der Waals surface area contributed by atoms with Gasteiger partial charge in [0.2, 0.25) is 0 Å². The first-order chi connectivity index (χ1) is 10.5. The number of carbonyl (C=O) groups is 2. The van der Waals surface area contributed by atoms with Gasteiger partial charge in [-0.1, -0.05) is 25.1 Å². The molecule has 3 rings (SSSR count). The third-order valence-corrected chi connectivity index (χ3v) is 4.98. The Bertz CT molecular complexity index is 654. The number of hydrogen-bond donors (Lipinski definition) is 1. The van der Waals surface area contributed by atoms with Crippen LogP contribution in [0.3, 0.4) is 0 Å². The third-order valence-electron chi connectivity index (χ3n) is 4.17. The lowest BCUT2D eigenvalue weighted by Crippen LogP contribution is -2.35. The third kappa shape index (κ3) is 3.04. The van der Waals surface area contributed by atoms with Gasteiger partial charge in [0.05, 0.1) is 4.91 Å². The molecule has 1 aromatic carbocycles. The Hall–Kier alpha value is -1.75. The molecule has 0 aromatic heterocycles. The van der Waals surface area contributed by atoms with E-state index >= 15 is 0 Å². The summed E-state index contributed by atoms with van der Waals surface area (Å²) in [6, 6.07) is 6.12. The smallest absolute Gasteiger partial charge is 0.290 e. The van der Waals surface area contributed by atoms with Crippen molar-refractivity contribution < 1.29 is 9.59 Å². The number of nitrogens with one attached hydrogen (secondary N) is 1. The molecule has 22 heavy (non-hydrogen) atoms. The highest BCUT2D eigenvalue weighted by Crippen LogP contribution is 2.33. The van der Waals surface area contributed by atoms with E-state index in [0.29, 0.717) is 10.8 Å². The predicted octanol–water partition coefficient (Wildman–Crippen LogP) is 3.56. The molecule has 116 valence electrons. The standard InChI is InChI=1S/C17H20N2O2S/c1-11-5-4-8-19(10-11)15-12(2)6-3-7-13(15)9-14-16(20)18-17(21)22-14/h3,6-7,9,11H,4-5,8,10H2,1-2H3,(H,18,20,21)/b14-9-/t11-/m1/s1. The van der Waals surface area contributed by atoms with Gasteiger partial charge in [-0.25, -0.2) is 0 Å². The molecule has 2 fully saturated rings. The fourth-order valence-corrected chi connectivity index (χ4v) is 3.86. The van der Waals surface area contributed by atoms with E-state index in [9.17, 15) is 9.59 Å². The van der Waals surface area contributed by atoms with E-state index in [1.165, 1.54) is 24.1 Å². The highest BCUT2D eigenvalue weighted by Gasteiger charge is 2.26. The summed E-state index contributed by atoms with van der Waals surface area (Å²) in [4.78, 5) is 26.0. The fraction of sp³-hybridized carbons (Fsp3) is 0.412. The van der Waals surface area contributed by atoms with Gasteiger partial charge < -0.3 is 4.90 Å². The normalized spacial score (nSPS) is 24.0. The van der Waals surface area contributed by atoms with Gasteiger partial charge in [0, 0.05) is 18.8 Å². The van der Waals surface area contributed by atoms with Gasteiger partial charge in [-0.15, -0.1) is 0 Å². The summed E-state index contributed by atoms with van der Waals surface area (Å²) in [6.45, 7) is 6.47. The topological polar surface area (TPSA) is 49.4 Å². The van der Waals surface area contributed by atoms with Crippen molar-refractivity contribution in [2.75, 3.05) is 18.0 Å². The maximum Gasteiger partial charge on any atom is 0.290 e. The van der Waals surface area contributed by atoms with Gasteiger partial charge in [0.15, 0.2) is 0 Å². The molecule has 0 radical (unpaired) electrons. The first kappa shape index (κ1) is 15.2. The number of amides is 2. The molecule has 1 atom stereocenters. The van der Waals surface area contributed by atoms with Crippen molar-refractivity contribution in [2.24, 2.45) is 5.92 Å². The van der Waals surface area contributed by atoms with Gasteiger partial charge in [0.1, 0.15) is 0 Å². The molecule has 2 aliphatic rings. The van der Waals surface area contributed by atoms with Crippen LogP contribution < -0.4 is 10.2 Å². The van der Waals surface area contributed by atoms with Crippen molar-refractivity contribution in [1.82, 2.24) is 5.32 Å². The SMILES string of the molecule is Cc1cccc(/C=C2\SC(=O)NC2=O)c1N1CCC[C@@H](C)C1. The Morgan fingerprint density at radius 3 is 2.86 bits per heavy atom. The second-order valence-corrected chi connectivity index (χ2v) is 7.07. The molecule has 2 saturated heterocycles. The van der Waals surface area contributed by atoms with Crippen LogP contribution in [0.25, 0.3) is 6.08 Å². The number of anilines is 1. The van der Waals surface area contributed by atoms with Gasteiger partial charge in [-0.3, -0.25) is 14.9 Å². The van der Waals surface area contributed by atoms with Gasteiger partial charge in [-0.05, 0) is 54.6 Å². The van der Waals surface area contributed by atoms with Crippen LogP contribution in [0.2, 0.25) is 0 Å². The minimum absolute atomic E-state index is 0.294. The number of benzene rings is 1. The van der Waals surface area contributed by atoms with E-state index in [0.717, 1.165) is 30.4 Å². The molecule has 5 heteroatoms. The van der Waals surface area contributed by atoms with Crippen molar-refractivity contribution in [2.45, 2.75) is 26.7 Å². The molecule has 2 amide bonds. The molecular weight excluding hydrogens is 296 g/mol. The van der Waals surface area contributed by atoms with Crippen LogP contribution in [0.1, 0.15) is 30.9 Å². The van der Waals surface area contributed by atoms with Crippen LogP contribution in [0, 0.1) is 12.8 Å². The lowest BCUT2D eigenvalue weighted by atomic mass is 9.97. The van der Waals surface area contributed by atoms with Crippen LogP contribution >= 0.6 is 11.8 Å². The summed E-state index contributed by atoms with van der Waals surface area (Å²) in [5.74, 6) is 0.383. The minimum Gasteiger partial charge on any atom is -0.371 e. The molecule has 0 unspecified atom stereocenters. The fourth-order valence-electron chi connectivity index (χ4n) is 3.18. The number of nitrogens with zero attached hydrogens (tertiary/aromatic N) is 1. The van der Waals surface area contributed by atoms with E-state index < -0.39 is 0 Å². The quantitative estimate of drug-likeness (QED) is 0.848. The molecule has 1 aromatic rings. The van der Waals surface area contributed by atoms with Crippen molar-refractivity contribution in [3.8, 4) is 0 Å². The monoisotopic (exact) mass is 316 g/mol. The van der Waals surface area contributed by atoms with E-state index in [4.69, 9.17) is 0 Å². The largest absolute Gasteiger partial charge is 0.371 e. The van der Waals surface area contributed by atoms with Crippen molar-refractivity contribution in [3.05, 3.63) is 34.2 Å². The molecule has 2 aliphatic heterocycles. The number of hydrogen-bond acceptors (Lipinski definition) is 4. The summed E-state index contributed by atoms with van der Waals surface area (Å²) < 4.78 is 0. The van der Waals surface area contributed by atoms with Crippen LogP contribution in [-0.4, -0.2) is 24.2 Å². The molecule has 0 bridgehead atoms. The van der Waals surface area contributed by atoms with Crippen molar-refractivity contribution in [3.63, 3.8) is 0 Å². The summed E-state index contributed by atoms with van der Waals surface area (Å²) in [6.07, 6.45) is 4.30. The first-order valence-corrected chi connectivity index (χ1v) is 8.45. The van der Waals surface area contributed by atoms with E-state index in [1.807, 2.05) is 18.2 Å². The Morgan fingerprint density at radius 2 is 2.18 bits per heavy atom. The maximum atomic E-state index is 11.8. The molecule has 4 nitrogen and oxygen atoms in total. The highest BCUT2D eigenvalue weighted by atomic mass is 32.2. The molecule has 0 spiro atoms. The molecular formula is C17H20N2O2S. The Balaban J connectivity index is 1.98. The van der Waals surface area contributed by atoms with Gasteiger partial charge in [-0.2, -0.15) is 0 Å². The van der Waals surface area contributed by atoms with E-state index in [2.05, 4.69) is 30.1 Å². The molecule has 0 saturated carbocycles. The zero-order valence-electron chi connectivity index (χ0n) is 12.9. The van der Waals surface area contributed by atoms with Crippen LogP contribution in [0.5, 0.6) is 0 Å². The number of carbonyl (C=O) groups excluding carboxylic acids is 2. The van der Waals surface area contributed by atoms with Crippen molar-refractivity contribution >= 4 is 34.7 Å². The lowest BCUT2D eigenvalue weighted by molar-refractivity contribution is -0.115. The second kappa shape index (κ2) is 6.16. The second-order valence-electron chi connectivity index (χ2n) is 6.06. The first-order valence-electron chi connectivity index (χ1n) is 7.64. The predicted molar refractivity (Wildman–Crippen MR) is 90.9 cm³/mol. The molecule has 2 heterocycles. The summed E-state index contributed by atoms with van der Waals surface area (Å²) in [7, 11) is 0. The Morgan fingerprint density at radius 1 is 1.36 bits per heavy atom. The number of para-hydroxylation sites is 1. The lowest BCUT2D eigenvalue weighted by Gasteiger charge is -2.35. The summed E-state index contributed by atoms with van der Waals surface area (Å²) in [5, 5.41) is 2.02. The maximum absolute atomic E-state index is 11.8. The van der Waals surface area contributed by atoms with Gasteiger partial charge >= 0.3 is 0 Å². The van der Waals surface area contributed by atoms with Crippen molar-refractivity contribution in [1.29, 1.82) is 0 Å². The Labute approximate surface area is 135 Å². The van der Waals surface area contributed by atoms with Crippen LogP contribution in [0.4, 0.5) is 10.5 Å². The van der Waals surface area contributed by atoms with Crippen LogP contribution in [0.15, 0.2) is 23.1 Å². The number of piperidine rings is 1.